The van der Waals surface area contributed by atoms with Crippen LogP contribution in [0.2, 0.25) is 0 Å². The maximum Gasteiger partial charge on any atom is 0.219 e. The van der Waals surface area contributed by atoms with Crippen LogP contribution in [0.15, 0.2) is 18.2 Å². The van der Waals surface area contributed by atoms with E-state index in [0.717, 1.165) is 19.5 Å². The molecule has 2 nitrogen and oxygen atoms in total. The van der Waals surface area contributed by atoms with E-state index in [4.69, 9.17) is 0 Å². The van der Waals surface area contributed by atoms with Crippen molar-refractivity contribution in [1.82, 2.24) is 4.90 Å². The van der Waals surface area contributed by atoms with E-state index < -0.39 is 0 Å². The number of carbonyl (C=O) groups excluding carboxylic acids is 1. The fourth-order valence-electron chi connectivity index (χ4n) is 3.02. The number of amides is 1. The number of hydrogen-bond donors (Lipinski definition) is 0. The summed E-state index contributed by atoms with van der Waals surface area (Å²) in [5.74, 6) is 0.178. The van der Waals surface area contributed by atoms with Gasteiger partial charge in [0.2, 0.25) is 5.91 Å². The topological polar surface area (TPSA) is 20.3 Å². The van der Waals surface area contributed by atoms with E-state index in [-0.39, 0.29) is 11.3 Å². The van der Waals surface area contributed by atoms with Gasteiger partial charge in [-0.05, 0) is 29.5 Å². The highest BCUT2D eigenvalue weighted by molar-refractivity contribution is 5.74. The summed E-state index contributed by atoms with van der Waals surface area (Å²) >= 11 is 0. The number of hydrogen-bond acceptors (Lipinski definition) is 1. The molecule has 0 saturated carbocycles. The van der Waals surface area contributed by atoms with Crippen molar-refractivity contribution in [2.75, 3.05) is 6.54 Å². The second-order valence-electron chi connectivity index (χ2n) is 6.35. The molecule has 0 saturated heterocycles. The third kappa shape index (κ3) is 2.99. The lowest BCUT2D eigenvalue weighted by Crippen LogP contribution is -2.44. The van der Waals surface area contributed by atoms with Gasteiger partial charge in [0.1, 0.15) is 0 Å². The molecule has 0 N–H and O–H groups in total. The largest absolute Gasteiger partial charge is 0.338 e. The summed E-state index contributed by atoms with van der Waals surface area (Å²) in [4.78, 5) is 13.6. The molecule has 104 valence electrons. The molecular weight excluding hydrogens is 234 g/mol. The minimum absolute atomic E-state index is 0.0581. The minimum Gasteiger partial charge on any atom is -0.338 e. The van der Waals surface area contributed by atoms with Crippen LogP contribution in [-0.4, -0.2) is 17.4 Å². The van der Waals surface area contributed by atoms with Gasteiger partial charge < -0.3 is 4.90 Å². The van der Waals surface area contributed by atoms with Gasteiger partial charge in [0, 0.05) is 25.4 Å². The van der Waals surface area contributed by atoms with Gasteiger partial charge in [-0.25, -0.2) is 0 Å². The number of fused-ring (bicyclic) bond motifs is 1. The van der Waals surface area contributed by atoms with Crippen molar-refractivity contribution >= 4 is 5.91 Å². The van der Waals surface area contributed by atoms with Crippen LogP contribution in [-0.2, 0) is 23.2 Å². The summed E-state index contributed by atoms with van der Waals surface area (Å²) in [6.07, 6.45) is 3.60. The van der Waals surface area contributed by atoms with Crippen LogP contribution in [0.3, 0.4) is 0 Å². The average Bonchev–Trinajstić information content (AvgIpc) is 2.34. The Bertz CT molecular complexity index is 476. The zero-order valence-corrected chi connectivity index (χ0v) is 12.6. The summed E-state index contributed by atoms with van der Waals surface area (Å²) in [5.41, 5.74) is 4.20. The third-order valence-corrected chi connectivity index (χ3v) is 4.11. The van der Waals surface area contributed by atoms with Gasteiger partial charge in [0.05, 0.1) is 0 Å². The van der Waals surface area contributed by atoms with E-state index in [1.165, 1.54) is 29.5 Å². The molecule has 0 bridgehead atoms. The lowest BCUT2D eigenvalue weighted by molar-refractivity contribution is -0.130. The lowest BCUT2D eigenvalue weighted by atomic mass is 9.77. The molecule has 0 aromatic heterocycles. The Labute approximate surface area is 116 Å². The molecule has 0 atom stereocenters. The van der Waals surface area contributed by atoms with Crippen LogP contribution in [0.5, 0.6) is 0 Å². The van der Waals surface area contributed by atoms with E-state index >= 15 is 0 Å². The van der Waals surface area contributed by atoms with Gasteiger partial charge in [-0.15, -0.1) is 0 Å². The molecule has 0 fully saturated rings. The van der Waals surface area contributed by atoms with Crippen molar-refractivity contribution < 1.29 is 4.79 Å². The average molecular weight is 259 g/mol. The van der Waals surface area contributed by atoms with E-state index in [2.05, 4.69) is 39.0 Å². The normalized spacial score (nSPS) is 17.2. The molecule has 0 aliphatic carbocycles. The molecule has 1 aliphatic heterocycles. The Morgan fingerprint density at radius 3 is 2.74 bits per heavy atom. The first kappa shape index (κ1) is 14.1. The SMILES string of the molecule is CCCCc1ccc2c(c1)CN(C(C)=O)CC2(C)C. The van der Waals surface area contributed by atoms with E-state index in [1.54, 1.807) is 6.92 Å². The van der Waals surface area contributed by atoms with Gasteiger partial charge >= 0.3 is 0 Å². The number of unbranched alkanes of at least 4 members (excludes halogenated alkanes) is 1. The van der Waals surface area contributed by atoms with Crippen LogP contribution in [0.4, 0.5) is 0 Å². The zero-order chi connectivity index (χ0) is 14.0. The summed E-state index contributed by atoms with van der Waals surface area (Å²) in [5, 5.41) is 0. The highest BCUT2D eigenvalue weighted by Gasteiger charge is 2.32. The van der Waals surface area contributed by atoms with Crippen molar-refractivity contribution in [2.24, 2.45) is 0 Å². The third-order valence-electron chi connectivity index (χ3n) is 4.11. The molecule has 1 heterocycles. The maximum atomic E-state index is 11.7. The first-order valence-corrected chi connectivity index (χ1v) is 7.32. The molecule has 1 aliphatic rings. The molecule has 0 spiro atoms. The smallest absolute Gasteiger partial charge is 0.219 e. The van der Waals surface area contributed by atoms with Crippen molar-refractivity contribution in [3.05, 3.63) is 34.9 Å². The highest BCUT2D eigenvalue weighted by atomic mass is 16.2. The Morgan fingerprint density at radius 2 is 2.11 bits per heavy atom. The Hall–Kier alpha value is -1.31. The second-order valence-corrected chi connectivity index (χ2v) is 6.35. The monoisotopic (exact) mass is 259 g/mol. The first-order chi connectivity index (χ1) is 8.94. The van der Waals surface area contributed by atoms with Crippen molar-refractivity contribution in [3.8, 4) is 0 Å². The number of benzene rings is 1. The van der Waals surface area contributed by atoms with Gasteiger partial charge in [-0.2, -0.15) is 0 Å². The molecular formula is C17H25NO. The Kier molecular flexibility index (Phi) is 3.98. The summed E-state index contributed by atoms with van der Waals surface area (Å²) in [6, 6.07) is 6.85. The highest BCUT2D eigenvalue weighted by Crippen LogP contribution is 2.34. The van der Waals surface area contributed by atoms with E-state index in [1.807, 2.05) is 4.90 Å². The predicted octanol–water partition coefficient (Wildman–Crippen LogP) is 3.67. The Morgan fingerprint density at radius 1 is 1.37 bits per heavy atom. The van der Waals surface area contributed by atoms with E-state index in [0.29, 0.717) is 0 Å². The first-order valence-electron chi connectivity index (χ1n) is 7.32. The van der Waals surface area contributed by atoms with Gasteiger partial charge in [0.25, 0.3) is 0 Å². The van der Waals surface area contributed by atoms with Crippen LogP contribution in [0, 0.1) is 0 Å². The van der Waals surface area contributed by atoms with Gasteiger partial charge in [0.15, 0.2) is 0 Å². The van der Waals surface area contributed by atoms with Crippen LogP contribution < -0.4 is 0 Å². The summed E-state index contributed by atoms with van der Waals surface area (Å²) < 4.78 is 0. The lowest BCUT2D eigenvalue weighted by Gasteiger charge is -2.39. The predicted molar refractivity (Wildman–Crippen MR) is 79.2 cm³/mol. The quantitative estimate of drug-likeness (QED) is 0.811. The number of rotatable bonds is 3. The summed E-state index contributed by atoms with van der Waals surface area (Å²) in [6.45, 7) is 9.94. The number of nitrogens with zero attached hydrogens (tertiary/aromatic N) is 1. The standard InChI is InChI=1S/C17H25NO/c1-5-6-7-14-8-9-16-15(10-14)11-18(13(2)19)12-17(16,3)4/h8-10H,5-7,11-12H2,1-4H3. The molecule has 19 heavy (non-hydrogen) atoms. The molecule has 1 amide bonds. The second kappa shape index (κ2) is 5.36. The summed E-state index contributed by atoms with van der Waals surface area (Å²) in [7, 11) is 0. The molecule has 2 rings (SSSR count). The molecule has 0 radical (unpaired) electrons. The number of aryl methyl sites for hydroxylation is 1. The van der Waals surface area contributed by atoms with Crippen molar-refractivity contribution in [2.45, 2.75) is 58.9 Å². The van der Waals surface area contributed by atoms with E-state index in [9.17, 15) is 4.79 Å². The molecule has 2 heteroatoms. The fraction of sp³-hybridized carbons (Fsp3) is 0.588. The number of carbonyl (C=O) groups is 1. The zero-order valence-electron chi connectivity index (χ0n) is 12.6. The minimum atomic E-state index is 0.0581. The molecule has 1 aromatic rings. The van der Waals surface area contributed by atoms with Gasteiger partial charge in [-0.3, -0.25) is 4.79 Å². The fourth-order valence-corrected chi connectivity index (χ4v) is 3.02. The van der Waals surface area contributed by atoms with Crippen LogP contribution >= 0.6 is 0 Å². The van der Waals surface area contributed by atoms with Gasteiger partial charge in [-0.1, -0.05) is 45.4 Å². The Balaban J connectivity index is 2.31. The molecule has 0 unspecified atom stereocenters. The molecule has 1 aromatic carbocycles. The van der Waals surface area contributed by atoms with Crippen LogP contribution in [0.25, 0.3) is 0 Å². The van der Waals surface area contributed by atoms with Crippen molar-refractivity contribution in [1.29, 1.82) is 0 Å². The van der Waals surface area contributed by atoms with Crippen LogP contribution in [0.1, 0.15) is 57.2 Å². The maximum absolute atomic E-state index is 11.7. The van der Waals surface area contributed by atoms with Crippen molar-refractivity contribution in [3.63, 3.8) is 0 Å².